The molecule has 9 heteroatoms. The molecule has 0 atom stereocenters. The van der Waals surface area contributed by atoms with E-state index in [2.05, 4.69) is 10.3 Å². The number of hydrogen-bond acceptors (Lipinski definition) is 4. The molecule has 0 radical (unpaired) electrons. The second-order valence-electron chi connectivity index (χ2n) is 4.06. The number of nitrogens with one attached hydrogen (secondary N) is 1. The van der Waals surface area contributed by atoms with Gasteiger partial charge in [-0.25, -0.2) is 13.4 Å². The predicted molar refractivity (Wildman–Crippen MR) is 68.9 cm³/mol. The van der Waals surface area contributed by atoms with E-state index in [1.165, 1.54) is 25.4 Å². The van der Waals surface area contributed by atoms with Gasteiger partial charge in [0.2, 0.25) is 0 Å². The molecule has 0 bridgehead atoms. The van der Waals surface area contributed by atoms with E-state index in [4.69, 9.17) is 0 Å². The van der Waals surface area contributed by atoms with Crippen LogP contribution in [0.5, 0.6) is 0 Å². The van der Waals surface area contributed by atoms with Crippen LogP contribution in [0.2, 0.25) is 0 Å². The van der Waals surface area contributed by atoms with Crippen molar-refractivity contribution in [3.63, 3.8) is 0 Å². The van der Waals surface area contributed by atoms with E-state index in [9.17, 15) is 21.6 Å². The molecule has 1 heterocycles. The van der Waals surface area contributed by atoms with Crippen molar-refractivity contribution in [1.29, 1.82) is 0 Å². The van der Waals surface area contributed by atoms with Gasteiger partial charge in [-0.15, -0.1) is 0 Å². The molecule has 20 heavy (non-hydrogen) atoms. The quantitative estimate of drug-likeness (QED) is 0.874. The summed E-state index contributed by atoms with van der Waals surface area (Å²) in [5.41, 5.74) is 0.163. The van der Waals surface area contributed by atoms with Crippen molar-refractivity contribution in [3.05, 3.63) is 18.3 Å². The van der Waals surface area contributed by atoms with Gasteiger partial charge in [-0.2, -0.15) is 17.5 Å². The Morgan fingerprint density at radius 1 is 1.40 bits per heavy atom. The van der Waals surface area contributed by atoms with E-state index in [1.807, 2.05) is 0 Å². The predicted octanol–water partition coefficient (Wildman–Crippen LogP) is 2.09. The number of hydrogen-bond donors (Lipinski definition) is 1. The van der Waals surface area contributed by atoms with Gasteiger partial charge in [-0.3, -0.25) is 0 Å². The molecule has 0 unspecified atom stereocenters. The van der Waals surface area contributed by atoms with Crippen LogP contribution in [0.1, 0.15) is 13.3 Å². The van der Waals surface area contributed by atoms with E-state index in [1.54, 1.807) is 6.92 Å². The summed E-state index contributed by atoms with van der Waals surface area (Å²) in [5.74, 6) is 0. The third-order valence-electron chi connectivity index (χ3n) is 2.45. The number of rotatable bonds is 6. The maximum atomic E-state index is 12.5. The first-order valence-corrected chi connectivity index (χ1v) is 7.36. The highest BCUT2D eigenvalue weighted by Gasteiger charge is 2.37. The molecular formula is C11H16F3N3O2S. The number of aromatic nitrogens is 1. The fourth-order valence-electron chi connectivity index (χ4n) is 1.64. The minimum atomic E-state index is -4.60. The molecule has 0 aliphatic carbocycles. The number of alkyl halides is 3. The summed E-state index contributed by atoms with van der Waals surface area (Å²) in [7, 11) is -2.82. The summed E-state index contributed by atoms with van der Waals surface area (Å²) in [6, 6.07) is 2.94. The fourth-order valence-corrected chi connectivity index (χ4v) is 3.27. The molecule has 0 saturated carbocycles. The Morgan fingerprint density at radius 2 is 2.05 bits per heavy atom. The SMILES string of the molecule is CCCN(CC(F)(F)F)S(=O)(=O)c1ncccc1NC. The third kappa shape index (κ3) is 4.07. The highest BCUT2D eigenvalue weighted by molar-refractivity contribution is 7.89. The van der Waals surface area contributed by atoms with Crippen LogP contribution >= 0.6 is 0 Å². The van der Waals surface area contributed by atoms with E-state index in [-0.39, 0.29) is 18.7 Å². The molecule has 1 aromatic rings. The number of anilines is 1. The van der Waals surface area contributed by atoms with Gasteiger partial charge in [0, 0.05) is 19.8 Å². The fraction of sp³-hybridized carbons (Fsp3) is 0.545. The summed E-state index contributed by atoms with van der Waals surface area (Å²) in [5, 5.41) is 2.21. The van der Waals surface area contributed by atoms with Gasteiger partial charge in [0.1, 0.15) is 6.54 Å². The molecule has 1 N–H and O–H groups in total. The first-order valence-electron chi connectivity index (χ1n) is 5.92. The first kappa shape index (κ1) is 16.7. The summed E-state index contributed by atoms with van der Waals surface area (Å²) >= 11 is 0. The zero-order chi connectivity index (χ0) is 15.4. The maximum absolute atomic E-state index is 12.5. The Morgan fingerprint density at radius 3 is 2.55 bits per heavy atom. The molecule has 0 fully saturated rings. The van der Waals surface area contributed by atoms with Gasteiger partial charge in [0.15, 0.2) is 5.03 Å². The van der Waals surface area contributed by atoms with Crippen LogP contribution in [0.25, 0.3) is 0 Å². The Balaban J connectivity index is 3.22. The Kier molecular flexibility index (Phi) is 5.35. The largest absolute Gasteiger partial charge is 0.402 e. The summed E-state index contributed by atoms with van der Waals surface area (Å²) in [4.78, 5) is 3.69. The lowest BCUT2D eigenvalue weighted by molar-refractivity contribution is -0.136. The average Bonchev–Trinajstić information content (AvgIpc) is 2.36. The monoisotopic (exact) mass is 311 g/mol. The molecule has 0 aliphatic rings. The van der Waals surface area contributed by atoms with Crippen LogP contribution in [-0.2, 0) is 10.0 Å². The van der Waals surface area contributed by atoms with Gasteiger partial charge in [0.05, 0.1) is 5.69 Å². The van der Waals surface area contributed by atoms with E-state index >= 15 is 0 Å². The number of halogens is 3. The van der Waals surface area contributed by atoms with Crippen molar-refractivity contribution >= 4 is 15.7 Å². The topological polar surface area (TPSA) is 62.3 Å². The molecule has 5 nitrogen and oxygen atoms in total. The van der Waals surface area contributed by atoms with Crippen molar-refractivity contribution in [3.8, 4) is 0 Å². The first-order chi connectivity index (χ1) is 9.22. The minimum absolute atomic E-state index is 0.163. The van der Waals surface area contributed by atoms with Crippen LogP contribution in [0.3, 0.4) is 0 Å². The van der Waals surface area contributed by atoms with Crippen molar-refractivity contribution in [2.45, 2.75) is 24.5 Å². The van der Waals surface area contributed by atoms with E-state index in [0.29, 0.717) is 4.31 Å². The maximum Gasteiger partial charge on any atom is 0.402 e. The van der Waals surface area contributed by atoms with Gasteiger partial charge in [-0.05, 0) is 18.6 Å². The van der Waals surface area contributed by atoms with Crippen molar-refractivity contribution in [1.82, 2.24) is 9.29 Å². The zero-order valence-electron chi connectivity index (χ0n) is 11.1. The Labute approximate surface area is 115 Å². The van der Waals surface area contributed by atoms with E-state index in [0.717, 1.165) is 0 Å². The van der Waals surface area contributed by atoms with Crippen LogP contribution in [-0.4, -0.2) is 44.0 Å². The molecule has 0 aromatic carbocycles. The highest BCUT2D eigenvalue weighted by Crippen LogP contribution is 2.25. The molecule has 0 spiro atoms. The Bertz CT molecular complexity index is 546. The van der Waals surface area contributed by atoms with Crippen LogP contribution in [0.15, 0.2) is 23.4 Å². The van der Waals surface area contributed by atoms with Crippen LogP contribution in [0.4, 0.5) is 18.9 Å². The standard InChI is InChI=1S/C11H16F3N3O2S/c1-3-7-17(8-11(12,13)14)20(18,19)10-9(15-2)5-4-6-16-10/h4-6,15H,3,7-8H2,1-2H3. The molecule has 1 aromatic heterocycles. The van der Waals surface area contributed by atoms with E-state index < -0.39 is 27.8 Å². The van der Waals surface area contributed by atoms with Crippen LogP contribution in [0, 0.1) is 0 Å². The van der Waals surface area contributed by atoms with Crippen molar-refractivity contribution in [2.24, 2.45) is 0 Å². The zero-order valence-corrected chi connectivity index (χ0v) is 11.9. The van der Waals surface area contributed by atoms with Gasteiger partial charge >= 0.3 is 6.18 Å². The van der Waals surface area contributed by atoms with Crippen molar-refractivity contribution < 1.29 is 21.6 Å². The average molecular weight is 311 g/mol. The summed E-state index contributed by atoms with van der Waals surface area (Å²) < 4.78 is 62.6. The lowest BCUT2D eigenvalue weighted by atomic mass is 10.4. The smallest absolute Gasteiger partial charge is 0.386 e. The summed E-state index contributed by atoms with van der Waals surface area (Å²) in [6.45, 7) is -0.138. The second kappa shape index (κ2) is 6.40. The second-order valence-corrected chi connectivity index (χ2v) is 5.91. The highest BCUT2D eigenvalue weighted by atomic mass is 32.2. The summed E-state index contributed by atoms with van der Waals surface area (Å²) in [6.07, 6.45) is -3.10. The number of sulfonamides is 1. The number of nitrogens with zero attached hydrogens (tertiary/aromatic N) is 2. The van der Waals surface area contributed by atoms with Gasteiger partial charge in [-0.1, -0.05) is 6.92 Å². The van der Waals surface area contributed by atoms with Crippen LogP contribution < -0.4 is 5.32 Å². The van der Waals surface area contributed by atoms with Gasteiger partial charge < -0.3 is 5.32 Å². The van der Waals surface area contributed by atoms with Crippen molar-refractivity contribution in [2.75, 3.05) is 25.5 Å². The van der Waals surface area contributed by atoms with Gasteiger partial charge in [0.25, 0.3) is 10.0 Å². The molecule has 0 aliphatic heterocycles. The molecule has 0 saturated heterocycles. The molecular weight excluding hydrogens is 295 g/mol. The normalized spacial score (nSPS) is 12.7. The third-order valence-corrected chi connectivity index (χ3v) is 4.26. The lowest BCUT2D eigenvalue weighted by Gasteiger charge is -2.23. The minimum Gasteiger partial charge on any atom is -0.386 e. The number of pyridine rings is 1. The Hall–Kier alpha value is -1.35. The molecule has 1 rings (SSSR count). The molecule has 0 amide bonds. The molecule has 114 valence electrons. The lowest BCUT2D eigenvalue weighted by Crippen LogP contribution is -2.40.